The quantitative estimate of drug-likeness (QED) is 0.573. The first-order valence-electron chi connectivity index (χ1n) is 8.79. The summed E-state index contributed by atoms with van der Waals surface area (Å²) in [7, 11) is 4.21. The van der Waals surface area contributed by atoms with E-state index in [1.54, 1.807) is 6.33 Å². The van der Waals surface area contributed by atoms with E-state index in [1.165, 1.54) is 5.56 Å². The highest BCUT2D eigenvalue weighted by Crippen LogP contribution is 2.30. The fourth-order valence-corrected chi connectivity index (χ4v) is 3.19. The lowest BCUT2D eigenvalue weighted by Gasteiger charge is -2.25. The number of rotatable bonds is 6. The van der Waals surface area contributed by atoms with Crippen LogP contribution < -0.4 is 5.32 Å². The summed E-state index contributed by atoms with van der Waals surface area (Å²) in [5.74, 6) is 0.742. The molecule has 1 atom stereocenters. The number of likely N-dealkylation sites (N-methyl/N-ethyl adjacent to an activating group) is 1. The van der Waals surface area contributed by atoms with Crippen molar-refractivity contribution >= 4 is 27.9 Å². The molecule has 1 unspecified atom stereocenters. The molecule has 0 saturated carbocycles. The van der Waals surface area contributed by atoms with Crippen molar-refractivity contribution in [1.82, 2.24) is 14.9 Å². The van der Waals surface area contributed by atoms with Gasteiger partial charge in [0.15, 0.2) is 11.4 Å². The van der Waals surface area contributed by atoms with E-state index in [1.807, 2.05) is 30.3 Å². The Morgan fingerprint density at radius 3 is 2.58 bits per heavy atom. The van der Waals surface area contributed by atoms with E-state index in [4.69, 9.17) is 4.42 Å². The predicted molar refractivity (Wildman–Crippen MR) is 105 cm³/mol. The number of nitrogens with zero attached hydrogens (tertiary/aromatic N) is 3. The standard InChI is InChI=1S/C21H22N4O/c1-25(2)16(12-15-8-4-3-5-9-15)13-22-21-20-19(23-14-24-21)17-10-6-7-11-18(17)26-20/h3-11,14,16H,12-13H2,1-2H3,(H,22,23,24). The van der Waals surface area contributed by atoms with Gasteiger partial charge in [-0.1, -0.05) is 42.5 Å². The SMILES string of the molecule is CN(C)C(CNc1ncnc2c1oc1ccccc12)Cc1ccccc1. The van der Waals surface area contributed by atoms with Crippen LogP contribution in [0.4, 0.5) is 5.82 Å². The summed E-state index contributed by atoms with van der Waals surface area (Å²) in [6.45, 7) is 0.769. The molecular formula is C21H22N4O. The van der Waals surface area contributed by atoms with Crippen molar-refractivity contribution in [3.63, 3.8) is 0 Å². The van der Waals surface area contributed by atoms with Crippen molar-refractivity contribution in [3.8, 4) is 0 Å². The van der Waals surface area contributed by atoms with Gasteiger partial charge in [0, 0.05) is 18.0 Å². The molecule has 2 aromatic heterocycles. The highest BCUT2D eigenvalue weighted by atomic mass is 16.3. The van der Waals surface area contributed by atoms with Gasteiger partial charge in [0.2, 0.25) is 0 Å². The van der Waals surface area contributed by atoms with E-state index in [2.05, 4.69) is 58.5 Å². The zero-order chi connectivity index (χ0) is 17.9. The molecule has 0 spiro atoms. The van der Waals surface area contributed by atoms with Crippen molar-refractivity contribution < 1.29 is 4.42 Å². The van der Waals surface area contributed by atoms with Crippen molar-refractivity contribution in [2.24, 2.45) is 0 Å². The van der Waals surface area contributed by atoms with Gasteiger partial charge >= 0.3 is 0 Å². The number of anilines is 1. The molecule has 26 heavy (non-hydrogen) atoms. The second-order valence-electron chi connectivity index (χ2n) is 6.69. The van der Waals surface area contributed by atoms with Gasteiger partial charge in [0.25, 0.3) is 0 Å². The largest absolute Gasteiger partial charge is 0.450 e. The average Bonchev–Trinajstić information content (AvgIpc) is 3.05. The maximum Gasteiger partial charge on any atom is 0.196 e. The normalized spacial score (nSPS) is 12.7. The van der Waals surface area contributed by atoms with E-state index >= 15 is 0 Å². The lowest BCUT2D eigenvalue weighted by Crippen LogP contribution is -2.36. The third kappa shape index (κ3) is 3.26. The zero-order valence-electron chi connectivity index (χ0n) is 15.0. The van der Waals surface area contributed by atoms with E-state index < -0.39 is 0 Å². The van der Waals surface area contributed by atoms with Crippen LogP contribution in [-0.2, 0) is 6.42 Å². The monoisotopic (exact) mass is 346 g/mol. The van der Waals surface area contributed by atoms with Gasteiger partial charge in [-0.2, -0.15) is 0 Å². The summed E-state index contributed by atoms with van der Waals surface area (Å²) in [6.07, 6.45) is 2.56. The molecule has 2 aromatic carbocycles. The summed E-state index contributed by atoms with van der Waals surface area (Å²) in [4.78, 5) is 11.0. The Bertz CT molecular complexity index is 1010. The van der Waals surface area contributed by atoms with Gasteiger partial charge in [-0.25, -0.2) is 9.97 Å². The van der Waals surface area contributed by atoms with Crippen LogP contribution >= 0.6 is 0 Å². The van der Waals surface area contributed by atoms with Gasteiger partial charge in [-0.3, -0.25) is 0 Å². The number of hydrogen-bond acceptors (Lipinski definition) is 5. The number of hydrogen-bond donors (Lipinski definition) is 1. The topological polar surface area (TPSA) is 54.2 Å². The fraction of sp³-hybridized carbons (Fsp3) is 0.238. The summed E-state index contributed by atoms with van der Waals surface area (Å²) in [5.41, 5.74) is 3.72. The van der Waals surface area contributed by atoms with Crippen LogP contribution in [0.25, 0.3) is 22.1 Å². The predicted octanol–water partition coefficient (Wildman–Crippen LogP) is 3.96. The molecule has 0 aliphatic rings. The van der Waals surface area contributed by atoms with E-state index in [-0.39, 0.29) is 0 Å². The Labute approximate surface area is 152 Å². The minimum Gasteiger partial charge on any atom is -0.450 e. The van der Waals surface area contributed by atoms with E-state index in [0.29, 0.717) is 11.6 Å². The molecule has 4 rings (SSSR count). The molecule has 4 aromatic rings. The molecule has 5 nitrogen and oxygen atoms in total. The lowest BCUT2D eigenvalue weighted by molar-refractivity contribution is 0.303. The van der Waals surface area contributed by atoms with Crippen LogP contribution in [-0.4, -0.2) is 41.5 Å². The number of aromatic nitrogens is 2. The summed E-state index contributed by atoms with van der Waals surface area (Å²) < 4.78 is 5.99. The van der Waals surface area contributed by atoms with Crippen LogP contribution in [0, 0.1) is 0 Å². The number of nitrogens with one attached hydrogen (secondary N) is 1. The van der Waals surface area contributed by atoms with Crippen LogP contribution in [0.1, 0.15) is 5.56 Å². The molecule has 0 aliphatic heterocycles. The Hall–Kier alpha value is -2.92. The second kappa shape index (κ2) is 7.14. The molecule has 0 aliphatic carbocycles. The molecular weight excluding hydrogens is 324 g/mol. The molecule has 0 radical (unpaired) electrons. The minimum atomic E-state index is 0.340. The third-order valence-electron chi connectivity index (χ3n) is 4.71. The van der Waals surface area contributed by atoms with Gasteiger partial charge in [-0.05, 0) is 38.2 Å². The Morgan fingerprint density at radius 1 is 1.00 bits per heavy atom. The van der Waals surface area contributed by atoms with Crippen molar-refractivity contribution in [2.45, 2.75) is 12.5 Å². The minimum absolute atomic E-state index is 0.340. The highest BCUT2D eigenvalue weighted by Gasteiger charge is 2.16. The number of furan rings is 1. The van der Waals surface area contributed by atoms with Crippen LogP contribution in [0.15, 0.2) is 65.3 Å². The smallest absolute Gasteiger partial charge is 0.196 e. The number of benzene rings is 2. The maximum absolute atomic E-state index is 5.99. The first-order chi connectivity index (χ1) is 12.7. The van der Waals surface area contributed by atoms with E-state index in [9.17, 15) is 0 Å². The molecule has 1 N–H and O–H groups in total. The first kappa shape index (κ1) is 16.5. The molecule has 0 amide bonds. The number of fused-ring (bicyclic) bond motifs is 3. The summed E-state index contributed by atoms with van der Waals surface area (Å²) in [6, 6.07) is 18.8. The van der Waals surface area contributed by atoms with Gasteiger partial charge in [-0.15, -0.1) is 0 Å². The van der Waals surface area contributed by atoms with E-state index in [0.717, 1.165) is 35.3 Å². The van der Waals surface area contributed by atoms with Gasteiger partial charge in [0.05, 0.1) is 0 Å². The molecule has 0 bridgehead atoms. The Kier molecular flexibility index (Phi) is 4.54. The van der Waals surface area contributed by atoms with Gasteiger partial charge in [0.1, 0.15) is 17.4 Å². The summed E-state index contributed by atoms with van der Waals surface area (Å²) in [5, 5.41) is 4.48. The molecule has 2 heterocycles. The van der Waals surface area contributed by atoms with Crippen LogP contribution in [0.3, 0.4) is 0 Å². The van der Waals surface area contributed by atoms with Crippen molar-refractivity contribution in [3.05, 3.63) is 66.5 Å². The molecule has 132 valence electrons. The Morgan fingerprint density at radius 2 is 1.77 bits per heavy atom. The van der Waals surface area contributed by atoms with Gasteiger partial charge < -0.3 is 14.6 Å². The van der Waals surface area contributed by atoms with Crippen LogP contribution in [0.2, 0.25) is 0 Å². The third-order valence-corrected chi connectivity index (χ3v) is 4.71. The Balaban J connectivity index is 1.58. The average molecular weight is 346 g/mol. The zero-order valence-corrected chi connectivity index (χ0v) is 15.0. The maximum atomic E-state index is 5.99. The molecule has 0 fully saturated rings. The lowest BCUT2D eigenvalue weighted by atomic mass is 10.1. The van der Waals surface area contributed by atoms with Crippen LogP contribution in [0.5, 0.6) is 0 Å². The van der Waals surface area contributed by atoms with Crippen molar-refractivity contribution in [2.75, 3.05) is 26.0 Å². The number of para-hydroxylation sites is 1. The summed E-state index contributed by atoms with van der Waals surface area (Å²) >= 11 is 0. The highest BCUT2D eigenvalue weighted by molar-refractivity contribution is 6.05. The molecule has 0 saturated heterocycles. The first-order valence-corrected chi connectivity index (χ1v) is 8.79. The molecule has 5 heteroatoms. The fourth-order valence-electron chi connectivity index (χ4n) is 3.19. The van der Waals surface area contributed by atoms with Crippen molar-refractivity contribution in [1.29, 1.82) is 0 Å². The second-order valence-corrected chi connectivity index (χ2v) is 6.69.